The van der Waals surface area contributed by atoms with Crippen molar-refractivity contribution in [2.24, 2.45) is 0 Å². The van der Waals surface area contributed by atoms with E-state index in [4.69, 9.17) is 4.98 Å². The number of aryl methyl sites for hydroxylation is 2. The molecule has 3 aliphatic heterocycles. The second kappa shape index (κ2) is 5.69. The Bertz CT molecular complexity index is 727. The van der Waals surface area contributed by atoms with Gasteiger partial charge in [-0.25, -0.2) is 19.9 Å². The van der Waals surface area contributed by atoms with Crippen molar-refractivity contribution in [3.63, 3.8) is 0 Å². The number of piperidine rings is 1. The molecule has 0 saturated carbocycles. The Morgan fingerprint density at radius 2 is 1.71 bits per heavy atom. The van der Waals surface area contributed by atoms with Crippen LogP contribution in [0, 0.1) is 13.8 Å². The first kappa shape index (κ1) is 15.3. The molecule has 2 unspecified atom stereocenters. The van der Waals surface area contributed by atoms with E-state index in [1.165, 1.54) is 6.42 Å². The van der Waals surface area contributed by atoms with Gasteiger partial charge < -0.3 is 9.80 Å². The summed E-state index contributed by atoms with van der Waals surface area (Å²) >= 11 is 0. The van der Waals surface area contributed by atoms with Gasteiger partial charge in [-0.3, -0.25) is 0 Å². The van der Waals surface area contributed by atoms with Crippen molar-refractivity contribution in [3.8, 4) is 0 Å². The molecule has 2 bridgehead atoms. The van der Waals surface area contributed by atoms with Crippen LogP contribution >= 0.6 is 0 Å². The molecule has 0 radical (unpaired) electrons. The van der Waals surface area contributed by atoms with E-state index in [9.17, 15) is 0 Å². The summed E-state index contributed by atoms with van der Waals surface area (Å²) in [5.74, 6) is 3.21. The standard InChI is InChI=1S/C18H24N6/c1-11(2)17-19-6-5-16(22-17)24-14-8-15(24)10-23(9-14)18-20-12(3)7-13(4)21-18/h5-7,11,14-15H,8-10H2,1-4H3. The SMILES string of the molecule is Cc1cc(C)nc(N2CC3CC(C2)N3c2ccnc(C(C)C)n2)n1. The van der Waals surface area contributed by atoms with E-state index in [2.05, 4.69) is 38.6 Å². The van der Waals surface area contributed by atoms with Crippen molar-refractivity contribution in [1.82, 2.24) is 19.9 Å². The van der Waals surface area contributed by atoms with E-state index >= 15 is 0 Å². The van der Waals surface area contributed by atoms with Crippen LogP contribution in [0.15, 0.2) is 18.3 Å². The van der Waals surface area contributed by atoms with Crippen LogP contribution in [-0.2, 0) is 0 Å². The first-order chi connectivity index (χ1) is 11.5. The van der Waals surface area contributed by atoms with Crippen LogP contribution in [0.1, 0.15) is 43.4 Å². The van der Waals surface area contributed by atoms with Crippen LogP contribution in [0.4, 0.5) is 11.8 Å². The predicted molar refractivity (Wildman–Crippen MR) is 94.5 cm³/mol. The smallest absolute Gasteiger partial charge is 0.225 e. The quantitative estimate of drug-likeness (QED) is 0.864. The van der Waals surface area contributed by atoms with Crippen LogP contribution < -0.4 is 9.80 Å². The zero-order chi connectivity index (χ0) is 16.8. The summed E-state index contributed by atoms with van der Waals surface area (Å²) in [6.07, 6.45) is 3.11. The maximum Gasteiger partial charge on any atom is 0.225 e. The van der Waals surface area contributed by atoms with Crippen LogP contribution in [-0.4, -0.2) is 45.1 Å². The average Bonchev–Trinajstić information content (AvgIpc) is 2.54. The van der Waals surface area contributed by atoms with Crippen molar-refractivity contribution in [3.05, 3.63) is 35.5 Å². The third kappa shape index (κ3) is 2.60. The first-order valence-electron chi connectivity index (χ1n) is 8.70. The summed E-state index contributed by atoms with van der Waals surface area (Å²) in [6.45, 7) is 10.2. The van der Waals surface area contributed by atoms with Crippen LogP contribution in [0.25, 0.3) is 0 Å². The van der Waals surface area contributed by atoms with Crippen molar-refractivity contribution in [1.29, 1.82) is 0 Å². The van der Waals surface area contributed by atoms with Crippen molar-refractivity contribution in [2.75, 3.05) is 22.9 Å². The van der Waals surface area contributed by atoms with E-state index in [0.717, 1.165) is 42.1 Å². The minimum atomic E-state index is 0.353. The molecule has 6 nitrogen and oxygen atoms in total. The lowest BCUT2D eigenvalue weighted by Crippen LogP contribution is -2.69. The van der Waals surface area contributed by atoms with E-state index in [0.29, 0.717) is 18.0 Å². The second-order valence-electron chi connectivity index (χ2n) is 7.23. The van der Waals surface area contributed by atoms with Crippen LogP contribution in [0.5, 0.6) is 0 Å². The van der Waals surface area contributed by atoms with E-state index in [1.807, 2.05) is 32.2 Å². The van der Waals surface area contributed by atoms with Crippen LogP contribution in [0.3, 0.4) is 0 Å². The molecule has 0 N–H and O–H groups in total. The lowest BCUT2D eigenvalue weighted by molar-refractivity contribution is 0.286. The number of hydrogen-bond donors (Lipinski definition) is 0. The molecule has 0 aromatic carbocycles. The average molecular weight is 324 g/mol. The fourth-order valence-electron chi connectivity index (χ4n) is 3.78. The van der Waals surface area contributed by atoms with Gasteiger partial charge in [-0.2, -0.15) is 0 Å². The maximum atomic E-state index is 4.77. The van der Waals surface area contributed by atoms with Gasteiger partial charge in [0.1, 0.15) is 11.6 Å². The maximum absolute atomic E-state index is 4.77. The minimum Gasteiger partial charge on any atom is -0.347 e. The zero-order valence-electron chi connectivity index (χ0n) is 14.8. The summed E-state index contributed by atoms with van der Waals surface area (Å²) in [5, 5.41) is 0. The molecule has 0 spiro atoms. The fourth-order valence-corrected chi connectivity index (χ4v) is 3.78. The normalized spacial score (nSPS) is 22.7. The highest BCUT2D eigenvalue weighted by atomic mass is 15.4. The third-order valence-electron chi connectivity index (χ3n) is 4.89. The lowest BCUT2D eigenvalue weighted by atomic mass is 9.87. The van der Waals surface area contributed by atoms with E-state index < -0.39 is 0 Å². The topological polar surface area (TPSA) is 58.0 Å². The Labute approximate surface area is 143 Å². The molecule has 6 heteroatoms. The highest BCUT2D eigenvalue weighted by Gasteiger charge is 2.46. The molecule has 0 amide bonds. The van der Waals surface area contributed by atoms with Gasteiger partial charge in [-0.05, 0) is 32.4 Å². The Morgan fingerprint density at radius 1 is 1.04 bits per heavy atom. The molecule has 5 heterocycles. The van der Waals surface area contributed by atoms with Gasteiger partial charge in [0.05, 0.1) is 12.1 Å². The second-order valence-corrected chi connectivity index (χ2v) is 7.23. The molecule has 3 aliphatic rings. The molecular formula is C18H24N6. The largest absolute Gasteiger partial charge is 0.347 e. The van der Waals surface area contributed by atoms with Gasteiger partial charge in [-0.15, -0.1) is 0 Å². The number of piperazine rings is 1. The molecule has 2 aromatic rings. The van der Waals surface area contributed by atoms with Gasteiger partial charge in [0.2, 0.25) is 5.95 Å². The summed E-state index contributed by atoms with van der Waals surface area (Å²) in [4.78, 5) is 23.2. The number of anilines is 2. The number of nitrogens with zero attached hydrogens (tertiary/aromatic N) is 6. The minimum absolute atomic E-state index is 0.353. The molecule has 3 fully saturated rings. The van der Waals surface area contributed by atoms with Gasteiger partial charge in [0, 0.05) is 36.6 Å². The van der Waals surface area contributed by atoms with Crippen molar-refractivity contribution in [2.45, 2.75) is 52.1 Å². The van der Waals surface area contributed by atoms with Gasteiger partial charge in [-0.1, -0.05) is 13.8 Å². The lowest BCUT2D eigenvalue weighted by Gasteiger charge is -2.56. The molecule has 2 atom stereocenters. The molecule has 24 heavy (non-hydrogen) atoms. The van der Waals surface area contributed by atoms with Crippen LogP contribution in [0.2, 0.25) is 0 Å². The molecule has 126 valence electrons. The van der Waals surface area contributed by atoms with E-state index in [-0.39, 0.29) is 0 Å². The molecule has 3 saturated heterocycles. The predicted octanol–water partition coefficient (Wildman–Crippen LogP) is 2.47. The third-order valence-corrected chi connectivity index (χ3v) is 4.89. The molecule has 5 rings (SSSR count). The molecule has 2 aromatic heterocycles. The number of aromatic nitrogens is 4. The number of fused-ring (bicyclic) bond motifs is 2. The van der Waals surface area contributed by atoms with E-state index in [1.54, 1.807) is 0 Å². The summed E-state index contributed by atoms with van der Waals surface area (Å²) in [6, 6.07) is 5.04. The van der Waals surface area contributed by atoms with Gasteiger partial charge >= 0.3 is 0 Å². The zero-order valence-corrected chi connectivity index (χ0v) is 14.8. The summed E-state index contributed by atoms with van der Waals surface area (Å²) < 4.78 is 0. The summed E-state index contributed by atoms with van der Waals surface area (Å²) in [7, 11) is 0. The molecular weight excluding hydrogens is 300 g/mol. The number of rotatable bonds is 3. The highest BCUT2D eigenvalue weighted by Crippen LogP contribution is 2.37. The monoisotopic (exact) mass is 324 g/mol. The Hall–Kier alpha value is -2.24. The highest BCUT2D eigenvalue weighted by molar-refractivity contribution is 5.50. The number of hydrogen-bond acceptors (Lipinski definition) is 6. The Morgan fingerprint density at radius 3 is 2.33 bits per heavy atom. The van der Waals surface area contributed by atoms with Crippen molar-refractivity contribution >= 4 is 11.8 Å². The molecule has 0 aliphatic carbocycles. The van der Waals surface area contributed by atoms with Gasteiger partial charge in [0.15, 0.2) is 0 Å². The summed E-state index contributed by atoms with van der Waals surface area (Å²) in [5.41, 5.74) is 2.07. The van der Waals surface area contributed by atoms with Gasteiger partial charge in [0.25, 0.3) is 0 Å². The Balaban J connectivity index is 1.53. The van der Waals surface area contributed by atoms with Crippen molar-refractivity contribution < 1.29 is 0 Å². The first-order valence-corrected chi connectivity index (χ1v) is 8.70. The fraction of sp³-hybridized carbons (Fsp3) is 0.556. The Kier molecular flexibility index (Phi) is 3.62.